The van der Waals surface area contributed by atoms with Crippen molar-refractivity contribution in [1.82, 2.24) is 4.98 Å². The average Bonchev–Trinajstić information content (AvgIpc) is 2.03. The molecule has 72 valence electrons. The molecule has 0 radical (unpaired) electrons. The van der Waals surface area contributed by atoms with E-state index in [1.54, 1.807) is 6.20 Å². The first-order valence-corrected chi connectivity index (χ1v) is 4.13. The summed E-state index contributed by atoms with van der Waals surface area (Å²) in [6, 6.07) is 3.68. The van der Waals surface area contributed by atoms with Gasteiger partial charge < -0.3 is 5.32 Å². The van der Waals surface area contributed by atoms with Crippen LogP contribution in [0.15, 0.2) is 18.3 Å². The number of nitrogens with zero attached hydrogens (tertiary/aromatic N) is 1. The fourth-order valence-corrected chi connectivity index (χ4v) is 0.942. The molecule has 0 saturated carbocycles. The van der Waals surface area contributed by atoms with Crippen molar-refractivity contribution in [3.05, 3.63) is 23.9 Å². The van der Waals surface area contributed by atoms with Crippen LogP contribution < -0.4 is 5.32 Å². The molecule has 0 aliphatic heterocycles. The Labute approximate surface area is 76.0 Å². The molecule has 1 rings (SSSR count). The topological polar surface area (TPSA) is 24.9 Å². The molecule has 0 unspecified atom stereocenters. The van der Waals surface area contributed by atoms with Crippen LogP contribution in [-0.4, -0.2) is 18.0 Å². The highest BCUT2D eigenvalue weighted by molar-refractivity contribution is 5.36. The Morgan fingerprint density at radius 3 is 2.92 bits per heavy atom. The smallest absolute Gasteiger partial charge is 0.240 e. The highest BCUT2D eigenvalue weighted by Gasteiger charge is 2.01. The Morgan fingerprint density at radius 2 is 2.31 bits per heavy atom. The minimum Gasteiger partial charge on any atom is -0.370 e. The quantitative estimate of drug-likeness (QED) is 0.781. The number of pyridine rings is 1. The van der Waals surface area contributed by atoms with Crippen LogP contribution in [0.2, 0.25) is 0 Å². The van der Waals surface area contributed by atoms with Crippen molar-refractivity contribution in [3.63, 3.8) is 0 Å². The lowest BCUT2D eigenvalue weighted by Gasteiger charge is -2.04. The molecule has 0 amide bonds. The van der Waals surface area contributed by atoms with Crippen LogP contribution in [0.1, 0.15) is 12.0 Å². The Balaban J connectivity index is 2.37. The summed E-state index contributed by atoms with van der Waals surface area (Å²) in [5.74, 6) is 0.653. The first-order valence-electron chi connectivity index (χ1n) is 4.13. The Kier molecular flexibility index (Phi) is 3.61. The van der Waals surface area contributed by atoms with E-state index < -0.39 is 6.43 Å². The molecule has 0 atom stereocenters. The highest BCUT2D eigenvalue weighted by Crippen LogP contribution is 2.06. The maximum absolute atomic E-state index is 11.8. The summed E-state index contributed by atoms with van der Waals surface area (Å²) < 4.78 is 23.5. The summed E-state index contributed by atoms with van der Waals surface area (Å²) in [5, 5.41) is 2.83. The summed E-state index contributed by atoms with van der Waals surface area (Å²) in [7, 11) is 0. The number of alkyl halides is 2. The van der Waals surface area contributed by atoms with E-state index in [-0.39, 0.29) is 13.0 Å². The van der Waals surface area contributed by atoms with Gasteiger partial charge in [0.25, 0.3) is 0 Å². The monoisotopic (exact) mass is 186 g/mol. The second-order valence-electron chi connectivity index (χ2n) is 2.82. The van der Waals surface area contributed by atoms with Crippen molar-refractivity contribution in [3.8, 4) is 0 Å². The van der Waals surface area contributed by atoms with E-state index in [0.717, 1.165) is 5.56 Å². The standard InChI is InChI=1S/C9H12F2N2/c1-7-2-4-12-9(6-7)13-5-3-8(10)11/h2,4,6,8H,3,5H2,1H3,(H,12,13). The van der Waals surface area contributed by atoms with Crippen LogP contribution >= 0.6 is 0 Å². The van der Waals surface area contributed by atoms with Gasteiger partial charge in [-0.1, -0.05) is 0 Å². The minimum absolute atomic E-state index is 0.143. The van der Waals surface area contributed by atoms with Gasteiger partial charge in [0.05, 0.1) is 0 Å². The molecular formula is C9H12F2N2. The Bertz CT molecular complexity index is 264. The lowest BCUT2D eigenvalue weighted by Crippen LogP contribution is -2.07. The van der Waals surface area contributed by atoms with Crippen molar-refractivity contribution in [2.75, 3.05) is 11.9 Å². The largest absolute Gasteiger partial charge is 0.370 e. The van der Waals surface area contributed by atoms with E-state index in [1.165, 1.54) is 0 Å². The number of anilines is 1. The normalized spacial score (nSPS) is 10.5. The van der Waals surface area contributed by atoms with Gasteiger partial charge in [-0.05, 0) is 24.6 Å². The highest BCUT2D eigenvalue weighted by atomic mass is 19.3. The zero-order valence-corrected chi connectivity index (χ0v) is 7.43. The molecule has 0 fully saturated rings. The second kappa shape index (κ2) is 4.74. The number of halogens is 2. The van der Waals surface area contributed by atoms with E-state index in [9.17, 15) is 8.78 Å². The maximum Gasteiger partial charge on any atom is 0.240 e. The van der Waals surface area contributed by atoms with Gasteiger partial charge in [0, 0.05) is 19.2 Å². The molecule has 0 spiro atoms. The van der Waals surface area contributed by atoms with Crippen molar-refractivity contribution in [1.29, 1.82) is 0 Å². The van der Waals surface area contributed by atoms with E-state index in [0.29, 0.717) is 5.82 Å². The lowest BCUT2D eigenvalue weighted by atomic mass is 10.3. The fourth-order valence-electron chi connectivity index (χ4n) is 0.942. The van der Waals surface area contributed by atoms with Gasteiger partial charge in [0.1, 0.15) is 5.82 Å². The number of aryl methyl sites for hydroxylation is 1. The summed E-state index contributed by atoms with van der Waals surface area (Å²) >= 11 is 0. The van der Waals surface area contributed by atoms with Crippen molar-refractivity contribution in [2.24, 2.45) is 0 Å². The number of hydrogen-bond acceptors (Lipinski definition) is 2. The first kappa shape index (κ1) is 9.89. The zero-order chi connectivity index (χ0) is 9.68. The molecule has 0 bridgehead atoms. The molecule has 13 heavy (non-hydrogen) atoms. The Morgan fingerprint density at radius 1 is 1.54 bits per heavy atom. The molecule has 1 heterocycles. The zero-order valence-electron chi connectivity index (χ0n) is 7.43. The number of aromatic nitrogens is 1. The number of hydrogen-bond donors (Lipinski definition) is 1. The van der Waals surface area contributed by atoms with Crippen LogP contribution in [0.4, 0.5) is 14.6 Å². The summed E-state index contributed by atoms with van der Waals surface area (Å²) in [6.07, 6.45) is -0.743. The predicted molar refractivity (Wildman–Crippen MR) is 48.1 cm³/mol. The van der Waals surface area contributed by atoms with Gasteiger partial charge in [-0.3, -0.25) is 0 Å². The van der Waals surface area contributed by atoms with Crippen LogP contribution in [0.5, 0.6) is 0 Å². The van der Waals surface area contributed by atoms with E-state index in [2.05, 4.69) is 10.3 Å². The molecule has 1 N–H and O–H groups in total. The van der Waals surface area contributed by atoms with Crippen LogP contribution in [-0.2, 0) is 0 Å². The van der Waals surface area contributed by atoms with Gasteiger partial charge in [-0.2, -0.15) is 0 Å². The Hall–Kier alpha value is -1.19. The van der Waals surface area contributed by atoms with Crippen molar-refractivity contribution < 1.29 is 8.78 Å². The van der Waals surface area contributed by atoms with E-state index in [4.69, 9.17) is 0 Å². The fraction of sp³-hybridized carbons (Fsp3) is 0.444. The van der Waals surface area contributed by atoms with Gasteiger partial charge in [-0.15, -0.1) is 0 Å². The molecule has 0 aliphatic rings. The first-order chi connectivity index (χ1) is 6.18. The van der Waals surface area contributed by atoms with E-state index in [1.807, 2.05) is 19.1 Å². The summed E-state index contributed by atoms with van der Waals surface area (Å²) in [5.41, 5.74) is 1.06. The van der Waals surface area contributed by atoms with Crippen LogP contribution in [0.3, 0.4) is 0 Å². The third-order valence-corrected chi connectivity index (χ3v) is 1.58. The molecule has 2 nitrogen and oxygen atoms in total. The maximum atomic E-state index is 11.8. The predicted octanol–water partition coefficient (Wildman–Crippen LogP) is 2.46. The summed E-state index contributed by atoms with van der Waals surface area (Å²) in [4.78, 5) is 3.98. The van der Waals surface area contributed by atoms with Gasteiger partial charge >= 0.3 is 0 Å². The molecule has 0 aromatic carbocycles. The third-order valence-electron chi connectivity index (χ3n) is 1.58. The molecule has 0 saturated heterocycles. The van der Waals surface area contributed by atoms with Gasteiger partial charge in [-0.25, -0.2) is 13.8 Å². The lowest BCUT2D eigenvalue weighted by molar-refractivity contribution is 0.142. The molecular weight excluding hydrogens is 174 g/mol. The van der Waals surface area contributed by atoms with Crippen LogP contribution in [0, 0.1) is 6.92 Å². The van der Waals surface area contributed by atoms with Crippen LogP contribution in [0.25, 0.3) is 0 Å². The second-order valence-corrected chi connectivity index (χ2v) is 2.82. The van der Waals surface area contributed by atoms with Crippen molar-refractivity contribution >= 4 is 5.82 Å². The molecule has 1 aromatic rings. The molecule has 1 aromatic heterocycles. The van der Waals surface area contributed by atoms with Gasteiger partial charge in [0.2, 0.25) is 6.43 Å². The molecule has 0 aliphatic carbocycles. The van der Waals surface area contributed by atoms with Crippen molar-refractivity contribution in [2.45, 2.75) is 19.8 Å². The van der Waals surface area contributed by atoms with Gasteiger partial charge in [0.15, 0.2) is 0 Å². The minimum atomic E-state index is -2.25. The number of rotatable bonds is 4. The SMILES string of the molecule is Cc1ccnc(NCCC(F)F)c1. The number of nitrogens with one attached hydrogen (secondary N) is 1. The summed E-state index contributed by atoms with van der Waals surface area (Å²) in [6.45, 7) is 2.19. The van der Waals surface area contributed by atoms with E-state index >= 15 is 0 Å². The third kappa shape index (κ3) is 3.83. The molecule has 4 heteroatoms. The average molecular weight is 186 g/mol.